The highest BCUT2D eigenvalue weighted by Crippen LogP contribution is 2.24. The molecule has 0 unspecified atom stereocenters. The molecule has 2 rings (SSSR count). The summed E-state index contributed by atoms with van der Waals surface area (Å²) >= 11 is 1.60. The summed E-state index contributed by atoms with van der Waals surface area (Å²) < 4.78 is 0. The zero-order valence-corrected chi connectivity index (χ0v) is 14.9. The smallest absolute Gasteiger partial charge is 0.254 e. The quantitative estimate of drug-likeness (QED) is 0.823. The molecule has 1 aromatic carbocycles. The summed E-state index contributed by atoms with van der Waals surface area (Å²) in [6.45, 7) is 4.68. The van der Waals surface area contributed by atoms with Crippen LogP contribution in [0.1, 0.15) is 29.8 Å². The van der Waals surface area contributed by atoms with Crippen LogP contribution in [0.3, 0.4) is 0 Å². The molecule has 0 atom stereocenters. The molecule has 1 amide bonds. The fourth-order valence-electron chi connectivity index (χ4n) is 2.10. The third-order valence-electron chi connectivity index (χ3n) is 3.24. The SMILES string of the molecule is CC(C)Sc1ncccc1C(=O)NCc1cccc(N(C)C)c1. The Morgan fingerprint density at radius 2 is 2.04 bits per heavy atom. The van der Waals surface area contributed by atoms with Gasteiger partial charge in [-0.15, -0.1) is 11.8 Å². The van der Waals surface area contributed by atoms with E-state index in [2.05, 4.69) is 30.2 Å². The molecule has 0 saturated heterocycles. The van der Waals surface area contributed by atoms with Crippen LogP contribution in [0.2, 0.25) is 0 Å². The minimum atomic E-state index is -0.0866. The third-order valence-corrected chi connectivity index (χ3v) is 4.26. The number of nitrogens with one attached hydrogen (secondary N) is 1. The van der Waals surface area contributed by atoms with Gasteiger partial charge < -0.3 is 10.2 Å². The van der Waals surface area contributed by atoms with Gasteiger partial charge in [-0.05, 0) is 29.8 Å². The molecule has 0 radical (unpaired) electrons. The third kappa shape index (κ3) is 4.99. The monoisotopic (exact) mass is 329 g/mol. The number of carbonyl (C=O) groups is 1. The zero-order chi connectivity index (χ0) is 16.8. The summed E-state index contributed by atoms with van der Waals surface area (Å²) in [5.41, 5.74) is 2.83. The molecule has 0 bridgehead atoms. The molecule has 0 aliphatic carbocycles. The molecule has 5 heteroatoms. The van der Waals surface area contributed by atoms with Gasteiger partial charge in [0.25, 0.3) is 5.91 Å². The molecule has 1 aromatic heterocycles. The van der Waals surface area contributed by atoms with Crippen LogP contribution >= 0.6 is 11.8 Å². The van der Waals surface area contributed by atoms with Gasteiger partial charge in [0.2, 0.25) is 0 Å². The van der Waals surface area contributed by atoms with Gasteiger partial charge in [-0.2, -0.15) is 0 Å². The second-order valence-electron chi connectivity index (χ2n) is 5.77. The first-order valence-corrected chi connectivity index (χ1v) is 8.51. The number of anilines is 1. The number of hydrogen-bond acceptors (Lipinski definition) is 4. The standard InChI is InChI=1S/C18H23N3OS/c1-13(2)23-18-16(9-6-10-19-18)17(22)20-12-14-7-5-8-15(11-14)21(3)4/h5-11,13H,12H2,1-4H3,(H,20,22). The van der Waals surface area contributed by atoms with E-state index in [1.807, 2.05) is 43.3 Å². The van der Waals surface area contributed by atoms with Crippen LogP contribution in [0.5, 0.6) is 0 Å². The van der Waals surface area contributed by atoms with Gasteiger partial charge in [-0.25, -0.2) is 4.98 Å². The number of nitrogens with zero attached hydrogens (tertiary/aromatic N) is 2. The Bertz CT molecular complexity index is 671. The summed E-state index contributed by atoms with van der Waals surface area (Å²) in [7, 11) is 4.01. The minimum absolute atomic E-state index is 0.0866. The Hall–Kier alpha value is -2.01. The second-order valence-corrected chi connectivity index (χ2v) is 7.33. The topological polar surface area (TPSA) is 45.2 Å². The van der Waals surface area contributed by atoms with E-state index in [-0.39, 0.29) is 5.91 Å². The molecule has 1 N–H and O–H groups in total. The van der Waals surface area contributed by atoms with Crippen LogP contribution in [0.4, 0.5) is 5.69 Å². The highest BCUT2D eigenvalue weighted by molar-refractivity contribution is 7.99. The molecule has 1 heterocycles. The maximum absolute atomic E-state index is 12.5. The number of pyridine rings is 1. The van der Waals surface area contributed by atoms with Gasteiger partial charge in [-0.1, -0.05) is 26.0 Å². The van der Waals surface area contributed by atoms with Crippen molar-refractivity contribution in [2.75, 3.05) is 19.0 Å². The van der Waals surface area contributed by atoms with Gasteiger partial charge >= 0.3 is 0 Å². The van der Waals surface area contributed by atoms with Gasteiger partial charge in [0, 0.05) is 37.8 Å². The summed E-state index contributed by atoms with van der Waals surface area (Å²) in [6, 6.07) is 11.8. The average Bonchev–Trinajstić information content (AvgIpc) is 2.53. The van der Waals surface area contributed by atoms with Crippen molar-refractivity contribution in [2.45, 2.75) is 30.7 Å². The average molecular weight is 329 g/mol. The maximum Gasteiger partial charge on any atom is 0.254 e. The largest absolute Gasteiger partial charge is 0.378 e. The number of carbonyl (C=O) groups excluding carboxylic acids is 1. The number of hydrogen-bond donors (Lipinski definition) is 1. The van der Waals surface area contributed by atoms with E-state index < -0.39 is 0 Å². The van der Waals surface area contributed by atoms with Crippen molar-refractivity contribution >= 4 is 23.4 Å². The molecule has 0 aliphatic heterocycles. The number of amides is 1. The second kappa shape index (κ2) is 8.02. The van der Waals surface area contributed by atoms with E-state index in [9.17, 15) is 4.79 Å². The Balaban J connectivity index is 2.07. The predicted molar refractivity (Wildman–Crippen MR) is 97.2 cm³/mol. The van der Waals surface area contributed by atoms with Crippen molar-refractivity contribution in [1.29, 1.82) is 0 Å². The first-order valence-electron chi connectivity index (χ1n) is 7.63. The molecule has 2 aromatic rings. The highest BCUT2D eigenvalue weighted by Gasteiger charge is 2.13. The predicted octanol–water partition coefficient (Wildman–Crippen LogP) is 3.58. The van der Waals surface area contributed by atoms with E-state index in [1.165, 1.54) is 0 Å². The van der Waals surface area contributed by atoms with Crippen molar-refractivity contribution in [3.05, 3.63) is 53.7 Å². The van der Waals surface area contributed by atoms with Crippen molar-refractivity contribution in [3.63, 3.8) is 0 Å². The lowest BCUT2D eigenvalue weighted by atomic mass is 10.2. The number of benzene rings is 1. The van der Waals surface area contributed by atoms with Crippen LogP contribution in [0.25, 0.3) is 0 Å². The van der Waals surface area contributed by atoms with Crippen LogP contribution < -0.4 is 10.2 Å². The molecular formula is C18H23N3OS. The lowest BCUT2D eigenvalue weighted by Gasteiger charge is -2.14. The lowest BCUT2D eigenvalue weighted by molar-refractivity contribution is 0.0947. The molecule has 0 aliphatic rings. The summed E-state index contributed by atoms with van der Waals surface area (Å²) in [6.07, 6.45) is 1.72. The normalized spacial score (nSPS) is 10.7. The first kappa shape index (κ1) is 17.3. The summed E-state index contributed by atoms with van der Waals surface area (Å²) in [5, 5.41) is 4.15. The van der Waals surface area contributed by atoms with E-state index >= 15 is 0 Å². The Kier molecular flexibility index (Phi) is 6.04. The van der Waals surface area contributed by atoms with E-state index in [1.54, 1.807) is 24.0 Å². The fraction of sp³-hybridized carbons (Fsp3) is 0.333. The molecule has 0 saturated carbocycles. The first-order chi connectivity index (χ1) is 11.0. The molecule has 23 heavy (non-hydrogen) atoms. The van der Waals surface area contributed by atoms with E-state index in [0.29, 0.717) is 17.4 Å². The maximum atomic E-state index is 12.5. The fourth-order valence-corrected chi connectivity index (χ4v) is 2.96. The van der Waals surface area contributed by atoms with Crippen LogP contribution in [-0.4, -0.2) is 30.2 Å². The highest BCUT2D eigenvalue weighted by atomic mass is 32.2. The Morgan fingerprint density at radius 3 is 2.74 bits per heavy atom. The summed E-state index contributed by atoms with van der Waals surface area (Å²) in [4.78, 5) is 18.8. The lowest BCUT2D eigenvalue weighted by Crippen LogP contribution is -2.24. The molecule has 4 nitrogen and oxygen atoms in total. The number of thioether (sulfide) groups is 1. The van der Waals surface area contributed by atoms with E-state index in [0.717, 1.165) is 16.3 Å². The van der Waals surface area contributed by atoms with Crippen LogP contribution in [0.15, 0.2) is 47.6 Å². The van der Waals surface area contributed by atoms with E-state index in [4.69, 9.17) is 0 Å². The van der Waals surface area contributed by atoms with Crippen molar-refractivity contribution in [1.82, 2.24) is 10.3 Å². The van der Waals surface area contributed by atoms with Crippen molar-refractivity contribution in [3.8, 4) is 0 Å². The van der Waals surface area contributed by atoms with Gasteiger partial charge in [0.15, 0.2) is 0 Å². The molecule has 0 spiro atoms. The van der Waals surface area contributed by atoms with Gasteiger partial charge in [0.1, 0.15) is 5.03 Å². The molecule has 0 fully saturated rings. The van der Waals surface area contributed by atoms with Crippen molar-refractivity contribution in [2.24, 2.45) is 0 Å². The van der Waals surface area contributed by atoms with Crippen molar-refractivity contribution < 1.29 is 4.79 Å². The number of rotatable bonds is 6. The minimum Gasteiger partial charge on any atom is -0.378 e. The van der Waals surface area contributed by atoms with Crippen LogP contribution in [-0.2, 0) is 6.54 Å². The summed E-state index contributed by atoms with van der Waals surface area (Å²) in [5.74, 6) is -0.0866. The molecular weight excluding hydrogens is 306 g/mol. The Labute approximate surface area is 142 Å². The Morgan fingerprint density at radius 1 is 1.26 bits per heavy atom. The van der Waals surface area contributed by atoms with Crippen LogP contribution in [0, 0.1) is 0 Å². The van der Waals surface area contributed by atoms with Gasteiger partial charge in [0.05, 0.1) is 5.56 Å². The van der Waals surface area contributed by atoms with Gasteiger partial charge in [-0.3, -0.25) is 4.79 Å². The number of aromatic nitrogens is 1. The molecule has 122 valence electrons. The zero-order valence-electron chi connectivity index (χ0n) is 14.0.